The van der Waals surface area contributed by atoms with Gasteiger partial charge < -0.3 is 4.42 Å². The molecule has 2 heterocycles. The van der Waals surface area contributed by atoms with Crippen LogP contribution in [0.1, 0.15) is 36.5 Å². The maximum absolute atomic E-state index is 5.76. The standard InChI is InChI=1S/C15H16N2O/c1-3-11(14-9-8-10(2)18-14)15-12-6-4-5-7-13(12)16-17-15/h4-9,11H,3H2,1-2H3,(H,16,17). The number of para-hydroxylation sites is 1. The molecule has 0 aliphatic heterocycles. The molecule has 3 rings (SSSR count). The van der Waals surface area contributed by atoms with Crippen LogP contribution in [0.3, 0.4) is 0 Å². The molecule has 0 saturated heterocycles. The van der Waals surface area contributed by atoms with Crippen molar-refractivity contribution in [1.82, 2.24) is 10.2 Å². The molecule has 1 unspecified atom stereocenters. The molecule has 18 heavy (non-hydrogen) atoms. The zero-order valence-corrected chi connectivity index (χ0v) is 10.6. The van der Waals surface area contributed by atoms with Gasteiger partial charge in [0.05, 0.1) is 17.1 Å². The van der Waals surface area contributed by atoms with Crippen LogP contribution in [0, 0.1) is 6.92 Å². The Kier molecular flexibility index (Phi) is 2.67. The zero-order chi connectivity index (χ0) is 12.5. The number of H-pyrrole nitrogens is 1. The predicted molar refractivity (Wildman–Crippen MR) is 71.7 cm³/mol. The van der Waals surface area contributed by atoms with Crippen LogP contribution in [0.15, 0.2) is 40.8 Å². The molecule has 0 amide bonds. The molecule has 1 N–H and O–H groups in total. The predicted octanol–water partition coefficient (Wildman–Crippen LogP) is 4.01. The van der Waals surface area contributed by atoms with Crippen LogP contribution in [-0.2, 0) is 0 Å². The van der Waals surface area contributed by atoms with E-state index in [1.165, 1.54) is 5.39 Å². The van der Waals surface area contributed by atoms with E-state index in [2.05, 4.69) is 29.3 Å². The summed E-state index contributed by atoms with van der Waals surface area (Å²) in [6.07, 6.45) is 0.985. The Bertz CT molecular complexity index is 666. The highest BCUT2D eigenvalue weighted by Crippen LogP contribution is 2.32. The quantitative estimate of drug-likeness (QED) is 0.751. The van der Waals surface area contributed by atoms with Gasteiger partial charge in [0, 0.05) is 5.39 Å². The summed E-state index contributed by atoms with van der Waals surface area (Å²) >= 11 is 0. The Morgan fingerprint density at radius 3 is 2.78 bits per heavy atom. The first-order valence-corrected chi connectivity index (χ1v) is 6.29. The van der Waals surface area contributed by atoms with Crippen molar-refractivity contribution in [2.75, 3.05) is 0 Å². The van der Waals surface area contributed by atoms with Crippen molar-refractivity contribution in [2.24, 2.45) is 0 Å². The Hall–Kier alpha value is -2.03. The number of benzene rings is 1. The Labute approximate surface area is 106 Å². The summed E-state index contributed by atoms with van der Waals surface area (Å²) < 4.78 is 5.76. The smallest absolute Gasteiger partial charge is 0.113 e. The van der Waals surface area contributed by atoms with Crippen molar-refractivity contribution in [2.45, 2.75) is 26.2 Å². The molecule has 3 aromatic rings. The van der Waals surface area contributed by atoms with E-state index in [0.29, 0.717) is 0 Å². The Balaban J connectivity index is 2.11. The minimum Gasteiger partial charge on any atom is -0.466 e. The van der Waals surface area contributed by atoms with Gasteiger partial charge in [-0.2, -0.15) is 5.10 Å². The van der Waals surface area contributed by atoms with Crippen molar-refractivity contribution in [3.63, 3.8) is 0 Å². The number of furan rings is 1. The minimum atomic E-state index is 0.242. The van der Waals surface area contributed by atoms with Crippen molar-refractivity contribution in [1.29, 1.82) is 0 Å². The second-order valence-electron chi connectivity index (χ2n) is 4.56. The number of rotatable bonds is 3. The van der Waals surface area contributed by atoms with Gasteiger partial charge in [-0.15, -0.1) is 0 Å². The third-order valence-electron chi connectivity index (χ3n) is 3.35. The first-order chi connectivity index (χ1) is 8.79. The molecule has 0 aliphatic carbocycles. The molecule has 2 aromatic heterocycles. The van der Waals surface area contributed by atoms with Gasteiger partial charge in [-0.25, -0.2) is 0 Å². The lowest BCUT2D eigenvalue weighted by Crippen LogP contribution is -1.99. The summed E-state index contributed by atoms with van der Waals surface area (Å²) in [6, 6.07) is 12.2. The third kappa shape index (κ3) is 1.72. The molecule has 0 bridgehead atoms. The molecule has 3 heteroatoms. The molecule has 0 aliphatic rings. The van der Waals surface area contributed by atoms with Crippen LogP contribution in [0.2, 0.25) is 0 Å². The first kappa shape index (κ1) is 11.1. The van der Waals surface area contributed by atoms with Gasteiger partial charge in [-0.05, 0) is 31.5 Å². The molecule has 1 atom stereocenters. The summed E-state index contributed by atoms with van der Waals surface area (Å²) in [5.41, 5.74) is 2.15. The lowest BCUT2D eigenvalue weighted by molar-refractivity contribution is 0.456. The highest BCUT2D eigenvalue weighted by Gasteiger charge is 2.20. The van der Waals surface area contributed by atoms with Crippen molar-refractivity contribution >= 4 is 10.9 Å². The van der Waals surface area contributed by atoms with E-state index in [9.17, 15) is 0 Å². The molecule has 3 nitrogen and oxygen atoms in total. The Morgan fingerprint density at radius 1 is 1.22 bits per heavy atom. The molecule has 0 saturated carbocycles. The van der Waals surface area contributed by atoms with Gasteiger partial charge >= 0.3 is 0 Å². The number of aryl methyl sites for hydroxylation is 1. The second kappa shape index (κ2) is 4.33. The summed E-state index contributed by atoms with van der Waals surface area (Å²) in [5.74, 6) is 2.20. The molecule has 0 spiro atoms. The molecule has 92 valence electrons. The van der Waals surface area contributed by atoms with Gasteiger partial charge in [-0.3, -0.25) is 5.10 Å². The van der Waals surface area contributed by atoms with Crippen LogP contribution in [0.25, 0.3) is 10.9 Å². The van der Waals surface area contributed by atoms with Crippen LogP contribution < -0.4 is 0 Å². The summed E-state index contributed by atoms with van der Waals surface area (Å²) in [5, 5.41) is 8.69. The molecule has 0 fully saturated rings. The van der Waals surface area contributed by atoms with Gasteiger partial charge in [0.2, 0.25) is 0 Å². The van der Waals surface area contributed by atoms with Crippen molar-refractivity contribution in [3.05, 3.63) is 53.6 Å². The number of fused-ring (bicyclic) bond motifs is 1. The topological polar surface area (TPSA) is 41.8 Å². The highest BCUT2D eigenvalue weighted by atomic mass is 16.3. The monoisotopic (exact) mass is 240 g/mol. The number of aromatic nitrogens is 2. The molecular formula is C15H16N2O. The Morgan fingerprint density at radius 2 is 2.06 bits per heavy atom. The van der Waals surface area contributed by atoms with Gasteiger partial charge in [0.25, 0.3) is 0 Å². The number of nitrogens with zero attached hydrogens (tertiary/aromatic N) is 1. The summed E-state index contributed by atoms with van der Waals surface area (Å²) in [4.78, 5) is 0. The van der Waals surface area contributed by atoms with Crippen LogP contribution >= 0.6 is 0 Å². The maximum Gasteiger partial charge on any atom is 0.113 e. The lowest BCUT2D eigenvalue weighted by Gasteiger charge is -2.10. The number of hydrogen-bond donors (Lipinski definition) is 1. The van der Waals surface area contributed by atoms with Crippen LogP contribution in [-0.4, -0.2) is 10.2 Å². The third-order valence-corrected chi connectivity index (χ3v) is 3.35. The summed E-state index contributed by atoms with van der Waals surface area (Å²) in [6.45, 7) is 4.14. The summed E-state index contributed by atoms with van der Waals surface area (Å²) in [7, 11) is 0. The van der Waals surface area contributed by atoms with Crippen molar-refractivity contribution in [3.8, 4) is 0 Å². The average molecular weight is 240 g/mol. The normalized spacial score (nSPS) is 13.0. The van der Waals surface area contributed by atoms with Gasteiger partial charge in [0.1, 0.15) is 11.5 Å². The molecule has 0 radical (unpaired) electrons. The van der Waals surface area contributed by atoms with Gasteiger partial charge in [0.15, 0.2) is 0 Å². The van der Waals surface area contributed by atoms with E-state index in [-0.39, 0.29) is 5.92 Å². The minimum absolute atomic E-state index is 0.242. The van der Waals surface area contributed by atoms with E-state index in [1.54, 1.807) is 0 Å². The van der Waals surface area contributed by atoms with E-state index < -0.39 is 0 Å². The van der Waals surface area contributed by atoms with Crippen LogP contribution in [0.5, 0.6) is 0 Å². The second-order valence-corrected chi connectivity index (χ2v) is 4.56. The first-order valence-electron chi connectivity index (χ1n) is 6.29. The maximum atomic E-state index is 5.76. The van der Waals surface area contributed by atoms with E-state index in [0.717, 1.165) is 29.2 Å². The van der Waals surface area contributed by atoms with Gasteiger partial charge in [-0.1, -0.05) is 25.1 Å². The fourth-order valence-electron chi connectivity index (χ4n) is 2.43. The number of hydrogen-bond acceptors (Lipinski definition) is 2. The fourth-order valence-corrected chi connectivity index (χ4v) is 2.43. The van der Waals surface area contributed by atoms with Crippen molar-refractivity contribution < 1.29 is 4.42 Å². The lowest BCUT2D eigenvalue weighted by atomic mass is 9.97. The molecular weight excluding hydrogens is 224 g/mol. The largest absolute Gasteiger partial charge is 0.466 e. The fraction of sp³-hybridized carbons (Fsp3) is 0.267. The van der Waals surface area contributed by atoms with E-state index >= 15 is 0 Å². The average Bonchev–Trinajstić information content (AvgIpc) is 2.98. The number of aromatic amines is 1. The number of nitrogens with one attached hydrogen (secondary N) is 1. The SMILES string of the molecule is CCC(c1ccc(C)o1)c1[nH]nc2ccccc12. The van der Waals surface area contributed by atoms with E-state index in [1.807, 2.05) is 31.2 Å². The molecule has 1 aromatic carbocycles. The zero-order valence-electron chi connectivity index (χ0n) is 10.6. The van der Waals surface area contributed by atoms with E-state index in [4.69, 9.17) is 4.42 Å². The van der Waals surface area contributed by atoms with Crippen LogP contribution in [0.4, 0.5) is 0 Å². The highest BCUT2D eigenvalue weighted by molar-refractivity contribution is 5.82.